The highest BCUT2D eigenvalue weighted by molar-refractivity contribution is 7.17. The largest absolute Gasteiger partial charge is 0.462 e. The summed E-state index contributed by atoms with van der Waals surface area (Å²) in [5.74, 6) is -0.147. The minimum absolute atomic E-state index is 0.201. The molecule has 0 unspecified atom stereocenters. The number of fused-ring (bicyclic) bond motifs is 1. The maximum absolute atomic E-state index is 12.8. The Hall–Kier alpha value is -1.85. The average Bonchev–Trinajstić information content (AvgIpc) is 2.98. The molecule has 0 radical (unpaired) electrons. The van der Waals surface area contributed by atoms with Gasteiger partial charge in [0.2, 0.25) is 0 Å². The molecule has 4 nitrogen and oxygen atoms in total. The number of thiophene rings is 1. The van der Waals surface area contributed by atoms with Crippen molar-refractivity contribution in [3.05, 3.63) is 50.9 Å². The van der Waals surface area contributed by atoms with Crippen LogP contribution in [0.3, 0.4) is 0 Å². The number of nitrogens with one attached hydrogen (secondary N) is 1. The molecule has 1 aromatic heterocycles. The predicted octanol–water partition coefficient (Wildman–Crippen LogP) is 5.98. The molecule has 28 heavy (non-hydrogen) atoms. The first kappa shape index (κ1) is 20.9. The van der Waals surface area contributed by atoms with Gasteiger partial charge in [0.05, 0.1) is 22.8 Å². The number of rotatable bonds is 4. The topological polar surface area (TPSA) is 55.4 Å². The molecule has 6 heteroatoms. The van der Waals surface area contributed by atoms with Gasteiger partial charge < -0.3 is 10.1 Å². The molecule has 1 atom stereocenters. The van der Waals surface area contributed by atoms with Crippen LogP contribution in [0.5, 0.6) is 0 Å². The zero-order valence-corrected chi connectivity index (χ0v) is 18.3. The third-order valence-electron chi connectivity index (χ3n) is 5.32. The first-order valence-electron chi connectivity index (χ1n) is 9.60. The van der Waals surface area contributed by atoms with Crippen molar-refractivity contribution < 1.29 is 14.3 Å². The monoisotopic (exact) mass is 419 g/mol. The Balaban J connectivity index is 1.96. The van der Waals surface area contributed by atoms with Gasteiger partial charge in [-0.2, -0.15) is 0 Å². The molecular formula is C22H26ClNO3S. The number of esters is 1. The molecule has 0 spiro atoms. The summed E-state index contributed by atoms with van der Waals surface area (Å²) < 4.78 is 5.29. The fraction of sp³-hybridized carbons (Fsp3) is 0.455. The van der Waals surface area contributed by atoms with Crippen LogP contribution in [0.15, 0.2) is 24.3 Å². The number of hydrogen-bond donors (Lipinski definition) is 1. The SMILES string of the molecule is CCOC(=O)c1c(NC(=O)c2ccccc2Cl)sc2c1CC[C@H](C(C)(C)C)C2. The number of benzene rings is 1. The fourth-order valence-electron chi connectivity index (χ4n) is 3.65. The van der Waals surface area contributed by atoms with Gasteiger partial charge in [0, 0.05) is 4.88 Å². The van der Waals surface area contributed by atoms with Crippen molar-refractivity contribution in [2.45, 2.75) is 47.0 Å². The molecule has 1 amide bonds. The standard InChI is InChI=1S/C22H26ClNO3S/c1-5-27-21(26)18-15-11-10-13(22(2,3)4)12-17(15)28-20(18)24-19(25)14-8-6-7-9-16(14)23/h6-9,13H,5,10-12H2,1-4H3,(H,24,25)/t13-/m0/s1. The van der Waals surface area contributed by atoms with Crippen molar-refractivity contribution in [3.8, 4) is 0 Å². The van der Waals surface area contributed by atoms with Gasteiger partial charge in [-0.25, -0.2) is 4.79 Å². The summed E-state index contributed by atoms with van der Waals surface area (Å²) in [6, 6.07) is 6.89. The number of anilines is 1. The maximum Gasteiger partial charge on any atom is 0.341 e. The molecule has 0 saturated heterocycles. The van der Waals surface area contributed by atoms with E-state index in [1.807, 2.05) is 0 Å². The third kappa shape index (κ3) is 4.26. The Morgan fingerprint density at radius 2 is 2.00 bits per heavy atom. The Morgan fingerprint density at radius 1 is 1.29 bits per heavy atom. The van der Waals surface area contributed by atoms with E-state index in [-0.39, 0.29) is 17.3 Å². The minimum atomic E-state index is -0.372. The average molecular weight is 420 g/mol. The number of carbonyl (C=O) groups excluding carboxylic acids is 2. The van der Waals surface area contributed by atoms with Crippen LogP contribution >= 0.6 is 22.9 Å². The summed E-state index contributed by atoms with van der Waals surface area (Å²) >= 11 is 7.65. The summed E-state index contributed by atoms with van der Waals surface area (Å²) in [5, 5.41) is 3.85. The van der Waals surface area contributed by atoms with Crippen LogP contribution in [-0.4, -0.2) is 18.5 Å². The molecule has 150 valence electrons. The lowest BCUT2D eigenvalue weighted by Gasteiger charge is -2.33. The second-order valence-corrected chi connectivity index (χ2v) is 9.68. The van der Waals surface area contributed by atoms with E-state index >= 15 is 0 Å². The summed E-state index contributed by atoms with van der Waals surface area (Å²) in [5.41, 5.74) is 2.12. The van der Waals surface area contributed by atoms with Crippen molar-refractivity contribution in [1.82, 2.24) is 0 Å². The van der Waals surface area contributed by atoms with Crippen molar-refractivity contribution in [2.75, 3.05) is 11.9 Å². The van der Waals surface area contributed by atoms with Gasteiger partial charge in [-0.05, 0) is 55.2 Å². The second kappa shape index (κ2) is 8.26. The Bertz CT molecular complexity index is 898. The molecule has 0 saturated carbocycles. The number of hydrogen-bond acceptors (Lipinski definition) is 4. The lowest BCUT2D eigenvalue weighted by atomic mass is 9.72. The molecule has 1 aliphatic carbocycles. The molecule has 2 aromatic rings. The van der Waals surface area contributed by atoms with E-state index in [1.54, 1.807) is 31.2 Å². The van der Waals surface area contributed by atoms with E-state index in [9.17, 15) is 9.59 Å². The highest BCUT2D eigenvalue weighted by Crippen LogP contribution is 2.44. The van der Waals surface area contributed by atoms with Crippen molar-refractivity contribution >= 4 is 39.8 Å². The van der Waals surface area contributed by atoms with Crippen LogP contribution in [0.25, 0.3) is 0 Å². The van der Waals surface area contributed by atoms with Gasteiger partial charge in [0.15, 0.2) is 0 Å². The first-order valence-corrected chi connectivity index (χ1v) is 10.8. The smallest absolute Gasteiger partial charge is 0.341 e. The normalized spacial score (nSPS) is 16.4. The summed E-state index contributed by atoms with van der Waals surface area (Å²) in [6.07, 6.45) is 2.76. The summed E-state index contributed by atoms with van der Waals surface area (Å²) in [4.78, 5) is 26.6. The van der Waals surface area contributed by atoms with Crippen molar-refractivity contribution in [1.29, 1.82) is 0 Å². The van der Waals surface area contributed by atoms with Gasteiger partial charge in [0.1, 0.15) is 5.00 Å². The Labute approximate surface area is 175 Å². The number of amides is 1. The van der Waals surface area contributed by atoms with Gasteiger partial charge >= 0.3 is 5.97 Å². The maximum atomic E-state index is 12.8. The molecule has 0 bridgehead atoms. The van der Waals surface area contributed by atoms with Gasteiger partial charge in [-0.3, -0.25) is 4.79 Å². The molecule has 1 aliphatic rings. The van der Waals surface area contributed by atoms with Crippen molar-refractivity contribution in [2.24, 2.45) is 11.3 Å². The zero-order valence-electron chi connectivity index (χ0n) is 16.7. The zero-order chi connectivity index (χ0) is 20.5. The van der Waals surface area contributed by atoms with Crippen LogP contribution in [0.2, 0.25) is 5.02 Å². The van der Waals surface area contributed by atoms with Crippen molar-refractivity contribution in [3.63, 3.8) is 0 Å². The van der Waals surface area contributed by atoms with Gasteiger partial charge in [0.25, 0.3) is 5.91 Å². The molecule has 3 rings (SSSR count). The highest BCUT2D eigenvalue weighted by Gasteiger charge is 2.34. The van der Waals surface area contributed by atoms with Gasteiger partial charge in [-0.15, -0.1) is 11.3 Å². The second-order valence-electron chi connectivity index (χ2n) is 8.17. The first-order chi connectivity index (χ1) is 13.2. The van der Waals surface area contributed by atoms with Gasteiger partial charge in [-0.1, -0.05) is 44.5 Å². The number of carbonyl (C=O) groups is 2. The van der Waals surface area contributed by atoms with Crippen LogP contribution in [0.4, 0.5) is 5.00 Å². The molecule has 0 aliphatic heterocycles. The van der Waals surface area contributed by atoms with E-state index < -0.39 is 0 Å². The number of halogens is 1. The highest BCUT2D eigenvalue weighted by atomic mass is 35.5. The third-order valence-corrected chi connectivity index (χ3v) is 6.81. The number of ether oxygens (including phenoxy) is 1. The summed E-state index contributed by atoms with van der Waals surface area (Å²) in [7, 11) is 0. The van der Waals surface area contributed by atoms with Crippen LogP contribution in [-0.2, 0) is 17.6 Å². The van der Waals surface area contributed by atoms with E-state index in [2.05, 4.69) is 26.1 Å². The van der Waals surface area contributed by atoms with E-state index in [1.165, 1.54) is 16.2 Å². The molecule has 0 fully saturated rings. The summed E-state index contributed by atoms with van der Waals surface area (Å²) in [6.45, 7) is 8.84. The minimum Gasteiger partial charge on any atom is -0.462 e. The molecular weight excluding hydrogens is 394 g/mol. The van der Waals surface area contributed by atoms with Crippen LogP contribution in [0, 0.1) is 11.3 Å². The molecule has 1 N–H and O–H groups in total. The van der Waals surface area contributed by atoms with E-state index in [4.69, 9.17) is 16.3 Å². The molecule has 1 aromatic carbocycles. The predicted molar refractivity (Wildman–Crippen MR) is 115 cm³/mol. The lowest BCUT2D eigenvalue weighted by Crippen LogP contribution is -2.26. The quantitative estimate of drug-likeness (QED) is 0.620. The van der Waals surface area contributed by atoms with Crippen LogP contribution in [0.1, 0.15) is 65.3 Å². The Kier molecular flexibility index (Phi) is 6.15. The Morgan fingerprint density at radius 3 is 2.64 bits per heavy atom. The van der Waals surface area contributed by atoms with Crippen LogP contribution < -0.4 is 5.32 Å². The van der Waals surface area contributed by atoms with E-state index in [0.717, 1.165) is 24.8 Å². The van der Waals surface area contributed by atoms with E-state index in [0.29, 0.717) is 33.7 Å². The fourth-order valence-corrected chi connectivity index (χ4v) is 5.18. The molecule has 1 heterocycles. The lowest BCUT2D eigenvalue weighted by molar-refractivity contribution is 0.0526.